The van der Waals surface area contributed by atoms with E-state index in [2.05, 4.69) is 16.3 Å². The predicted molar refractivity (Wildman–Crippen MR) is 51.3 cm³/mol. The van der Waals surface area contributed by atoms with E-state index < -0.39 is 0 Å². The van der Waals surface area contributed by atoms with E-state index in [1.54, 1.807) is 0 Å². The second-order valence-electron chi connectivity index (χ2n) is 3.71. The molecule has 1 aromatic rings. The maximum absolute atomic E-state index is 5.61. The summed E-state index contributed by atoms with van der Waals surface area (Å²) in [6.07, 6.45) is 3.86. The van der Waals surface area contributed by atoms with Crippen LogP contribution in [0.5, 0.6) is 0 Å². The lowest BCUT2D eigenvalue weighted by atomic mass is 9.82. The average Bonchev–Trinajstić information content (AvgIpc) is 2.05. The fourth-order valence-electron chi connectivity index (χ4n) is 1.62. The van der Waals surface area contributed by atoms with Gasteiger partial charge in [-0.25, -0.2) is 0 Å². The van der Waals surface area contributed by atoms with Crippen molar-refractivity contribution in [3.63, 3.8) is 0 Å². The van der Waals surface area contributed by atoms with Gasteiger partial charge in [-0.05, 0) is 31.4 Å². The van der Waals surface area contributed by atoms with Crippen LogP contribution in [0.25, 0.3) is 0 Å². The summed E-state index contributed by atoms with van der Waals surface area (Å²) in [7, 11) is 0. The maximum Gasteiger partial charge on any atom is 0.0665 e. The van der Waals surface area contributed by atoms with Gasteiger partial charge >= 0.3 is 0 Å². The molecule has 0 unspecified atom stereocenters. The molecule has 70 valence electrons. The lowest BCUT2D eigenvalue weighted by Gasteiger charge is -2.24. The van der Waals surface area contributed by atoms with Gasteiger partial charge in [0.15, 0.2) is 0 Å². The highest BCUT2D eigenvalue weighted by Gasteiger charge is 2.21. The number of aryl methyl sites for hydroxylation is 1. The van der Waals surface area contributed by atoms with Gasteiger partial charge in [0.1, 0.15) is 0 Å². The summed E-state index contributed by atoms with van der Waals surface area (Å²) in [6.45, 7) is 2.53. The van der Waals surface area contributed by atoms with Crippen LogP contribution in [-0.2, 0) is 6.54 Å². The van der Waals surface area contributed by atoms with Crippen molar-refractivity contribution in [3.05, 3.63) is 23.0 Å². The summed E-state index contributed by atoms with van der Waals surface area (Å²) in [6, 6.07) is 2.12. The van der Waals surface area contributed by atoms with Crippen LogP contribution >= 0.6 is 0 Å². The number of hydrogen-bond acceptors (Lipinski definition) is 3. The molecule has 3 heteroatoms. The highest BCUT2D eigenvalue weighted by atomic mass is 15.1. The van der Waals surface area contributed by atoms with E-state index in [0.717, 1.165) is 17.0 Å². The van der Waals surface area contributed by atoms with Crippen molar-refractivity contribution in [1.82, 2.24) is 10.2 Å². The Hall–Kier alpha value is -0.960. The minimum absolute atomic E-state index is 0.571. The number of hydrogen-bond donors (Lipinski definition) is 1. The second kappa shape index (κ2) is 3.42. The topological polar surface area (TPSA) is 51.8 Å². The molecule has 1 fully saturated rings. The molecule has 0 aliphatic heterocycles. The first kappa shape index (κ1) is 8.63. The normalized spacial score (nSPS) is 17.1. The monoisotopic (exact) mass is 177 g/mol. The van der Waals surface area contributed by atoms with E-state index in [9.17, 15) is 0 Å². The summed E-state index contributed by atoms with van der Waals surface area (Å²) in [5.41, 5.74) is 8.85. The third kappa shape index (κ3) is 1.56. The van der Waals surface area contributed by atoms with E-state index >= 15 is 0 Å². The van der Waals surface area contributed by atoms with E-state index in [4.69, 9.17) is 5.73 Å². The summed E-state index contributed by atoms with van der Waals surface area (Å²) in [4.78, 5) is 0. The molecule has 0 atom stereocenters. The van der Waals surface area contributed by atoms with Gasteiger partial charge in [-0.3, -0.25) is 0 Å². The molecule has 0 spiro atoms. The predicted octanol–water partition coefficient (Wildman–Crippen LogP) is 1.51. The fraction of sp³-hybridized carbons (Fsp3) is 0.600. The van der Waals surface area contributed by atoms with Gasteiger partial charge in [-0.1, -0.05) is 6.42 Å². The lowest BCUT2D eigenvalue weighted by molar-refractivity contribution is 0.407. The van der Waals surface area contributed by atoms with Gasteiger partial charge in [-0.15, -0.1) is 0 Å². The van der Waals surface area contributed by atoms with Crippen LogP contribution in [0.3, 0.4) is 0 Å². The molecule has 2 rings (SSSR count). The van der Waals surface area contributed by atoms with E-state index in [1.165, 1.54) is 19.3 Å². The molecule has 0 saturated heterocycles. The minimum Gasteiger partial charge on any atom is -0.326 e. The van der Waals surface area contributed by atoms with Crippen molar-refractivity contribution in [3.8, 4) is 0 Å². The Morgan fingerprint density at radius 2 is 2.23 bits per heavy atom. The standard InChI is InChI=1S/C10H15N3/c1-7-9(6-11)5-10(13-12-7)8-3-2-4-8/h5,8H,2-4,6,11H2,1H3. The van der Waals surface area contributed by atoms with Crippen LogP contribution in [0.2, 0.25) is 0 Å². The minimum atomic E-state index is 0.571. The van der Waals surface area contributed by atoms with Crippen LogP contribution in [0.15, 0.2) is 6.07 Å². The summed E-state index contributed by atoms with van der Waals surface area (Å²) >= 11 is 0. The van der Waals surface area contributed by atoms with Crippen LogP contribution in [0, 0.1) is 6.92 Å². The molecular formula is C10H15N3. The van der Waals surface area contributed by atoms with Crippen molar-refractivity contribution in [2.75, 3.05) is 0 Å². The molecule has 0 radical (unpaired) electrons. The van der Waals surface area contributed by atoms with E-state index in [1.807, 2.05) is 6.92 Å². The van der Waals surface area contributed by atoms with Crippen molar-refractivity contribution < 1.29 is 0 Å². The van der Waals surface area contributed by atoms with Crippen LogP contribution in [0.4, 0.5) is 0 Å². The molecule has 1 aromatic heterocycles. The Balaban J connectivity index is 2.26. The third-order valence-electron chi connectivity index (χ3n) is 2.85. The zero-order valence-electron chi connectivity index (χ0n) is 7.95. The second-order valence-corrected chi connectivity index (χ2v) is 3.71. The Labute approximate surface area is 78.4 Å². The number of nitrogens with zero attached hydrogens (tertiary/aromatic N) is 2. The molecule has 1 saturated carbocycles. The molecule has 13 heavy (non-hydrogen) atoms. The fourth-order valence-corrected chi connectivity index (χ4v) is 1.62. The number of rotatable bonds is 2. The first-order valence-electron chi connectivity index (χ1n) is 4.84. The Morgan fingerprint density at radius 1 is 1.46 bits per heavy atom. The smallest absolute Gasteiger partial charge is 0.0665 e. The van der Waals surface area contributed by atoms with Crippen molar-refractivity contribution in [1.29, 1.82) is 0 Å². The van der Waals surface area contributed by atoms with Gasteiger partial charge in [0, 0.05) is 12.5 Å². The van der Waals surface area contributed by atoms with E-state index in [0.29, 0.717) is 12.5 Å². The maximum atomic E-state index is 5.61. The van der Waals surface area contributed by atoms with Crippen molar-refractivity contribution >= 4 is 0 Å². The first-order valence-corrected chi connectivity index (χ1v) is 4.84. The Kier molecular flexibility index (Phi) is 2.27. The Bertz CT molecular complexity index is 305. The van der Waals surface area contributed by atoms with Gasteiger partial charge in [0.2, 0.25) is 0 Å². The van der Waals surface area contributed by atoms with Gasteiger partial charge in [-0.2, -0.15) is 10.2 Å². The summed E-state index contributed by atoms with van der Waals surface area (Å²) in [5, 5.41) is 8.33. The average molecular weight is 177 g/mol. The van der Waals surface area contributed by atoms with Gasteiger partial charge < -0.3 is 5.73 Å². The summed E-state index contributed by atoms with van der Waals surface area (Å²) < 4.78 is 0. The molecule has 0 aromatic carbocycles. The molecule has 1 heterocycles. The number of aromatic nitrogens is 2. The highest BCUT2D eigenvalue weighted by molar-refractivity contribution is 5.22. The molecule has 0 amide bonds. The van der Waals surface area contributed by atoms with Gasteiger partial charge in [0.05, 0.1) is 11.4 Å². The number of nitrogens with two attached hydrogens (primary N) is 1. The molecule has 3 nitrogen and oxygen atoms in total. The van der Waals surface area contributed by atoms with Crippen LogP contribution in [-0.4, -0.2) is 10.2 Å². The third-order valence-corrected chi connectivity index (χ3v) is 2.85. The molecule has 1 aliphatic carbocycles. The lowest BCUT2D eigenvalue weighted by Crippen LogP contribution is -2.13. The molecule has 0 bridgehead atoms. The van der Waals surface area contributed by atoms with Crippen LogP contribution < -0.4 is 5.73 Å². The quantitative estimate of drug-likeness (QED) is 0.745. The first-order chi connectivity index (χ1) is 6.31. The zero-order valence-corrected chi connectivity index (χ0v) is 7.95. The molecule has 1 aliphatic rings. The molecular weight excluding hydrogens is 162 g/mol. The van der Waals surface area contributed by atoms with E-state index in [-0.39, 0.29) is 0 Å². The Morgan fingerprint density at radius 3 is 2.77 bits per heavy atom. The molecule has 2 N–H and O–H groups in total. The SMILES string of the molecule is Cc1nnc(C2CCC2)cc1CN. The van der Waals surface area contributed by atoms with Crippen LogP contribution in [0.1, 0.15) is 42.1 Å². The van der Waals surface area contributed by atoms with Crippen molar-refractivity contribution in [2.24, 2.45) is 5.73 Å². The zero-order chi connectivity index (χ0) is 9.26. The van der Waals surface area contributed by atoms with Gasteiger partial charge in [0.25, 0.3) is 0 Å². The largest absolute Gasteiger partial charge is 0.326 e. The summed E-state index contributed by atoms with van der Waals surface area (Å²) in [5.74, 6) is 0.651. The highest BCUT2D eigenvalue weighted by Crippen LogP contribution is 2.35. The van der Waals surface area contributed by atoms with Crippen molar-refractivity contribution in [2.45, 2.75) is 38.6 Å².